The van der Waals surface area contributed by atoms with Crippen molar-refractivity contribution in [3.63, 3.8) is 0 Å². The van der Waals surface area contributed by atoms with E-state index >= 15 is 0 Å². The number of rotatable bonds is 14. The second kappa shape index (κ2) is 15.3. The van der Waals surface area contributed by atoms with Gasteiger partial charge in [-0.25, -0.2) is 4.79 Å². The summed E-state index contributed by atoms with van der Waals surface area (Å²) in [5.74, 6) is -0.260. The van der Waals surface area contributed by atoms with Crippen LogP contribution in [0.2, 0.25) is 6.04 Å². The number of hydrogen-bond acceptors (Lipinski definition) is 2. The zero-order chi connectivity index (χ0) is 15.9. The quantitative estimate of drug-likeness (QED) is 0.120. The summed E-state index contributed by atoms with van der Waals surface area (Å²) in [6.45, 7) is 5.78. The van der Waals surface area contributed by atoms with E-state index in [1.54, 1.807) is 6.92 Å². The van der Waals surface area contributed by atoms with Crippen LogP contribution in [0.5, 0.6) is 0 Å². The maximum Gasteiger partial charge on any atom is 0.333 e. The SMILES string of the molecule is C=C(C)C(=O)OCCCCCCCCCCC[SiH2]C(Br)Br. The second-order valence-electron chi connectivity index (χ2n) is 5.63. The number of alkyl halides is 2. The highest BCUT2D eigenvalue weighted by atomic mass is 79.9. The number of carbonyl (C=O) groups is 1. The summed E-state index contributed by atoms with van der Waals surface area (Å²) >= 11 is 7.13. The molecule has 0 aromatic heterocycles. The third-order valence-electron chi connectivity index (χ3n) is 3.40. The highest BCUT2D eigenvalue weighted by Gasteiger charge is 2.01. The Kier molecular flexibility index (Phi) is 15.6. The third kappa shape index (κ3) is 16.6. The smallest absolute Gasteiger partial charge is 0.333 e. The first-order valence-electron chi connectivity index (χ1n) is 8.15. The van der Waals surface area contributed by atoms with Crippen LogP contribution in [0.25, 0.3) is 0 Å². The van der Waals surface area contributed by atoms with E-state index in [4.69, 9.17) is 4.74 Å². The number of unbranched alkanes of at least 4 members (excludes halogenated alkanes) is 8. The van der Waals surface area contributed by atoms with E-state index in [9.17, 15) is 4.79 Å². The lowest BCUT2D eigenvalue weighted by Gasteiger charge is -2.05. The Labute approximate surface area is 149 Å². The molecule has 0 bridgehead atoms. The van der Waals surface area contributed by atoms with Crippen LogP contribution in [-0.2, 0) is 9.53 Å². The minimum Gasteiger partial charge on any atom is -0.462 e. The lowest BCUT2D eigenvalue weighted by molar-refractivity contribution is -0.139. The van der Waals surface area contributed by atoms with Gasteiger partial charge in [-0.3, -0.25) is 0 Å². The highest BCUT2D eigenvalue weighted by Crippen LogP contribution is 2.13. The summed E-state index contributed by atoms with van der Waals surface area (Å²) < 4.78 is 5.69. The van der Waals surface area contributed by atoms with E-state index in [2.05, 4.69) is 38.4 Å². The number of ether oxygens (including phenoxy) is 1. The Balaban J connectivity index is 3.09. The molecule has 0 aliphatic heterocycles. The Morgan fingerprint density at radius 1 is 1.00 bits per heavy atom. The molecule has 2 nitrogen and oxygen atoms in total. The number of carbonyl (C=O) groups excluding carboxylic acids is 1. The van der Waals surface area contributed by atoms with Gasteiger partial charge >= 0.3 is 5.97 Å². The van der Waals surface area contributed by atoms with Crippen LogP contribution in [0.1, 0.15) is 64.7 Å². The first-order chi connectivity index (χ1) is 10.0. The van der Waals surface area contributed by atoms with Crippen LogP contribution in [-0.4, -0.2) is 25.5 Å². The van der Waals surface area contributed by atoms with E-state index in [1.165, 1.54) is 51.0 Å². The van der Waals surface area contributed by atoms with Crippen LogP contribution >= 0.6 is 31.9 Å². The van der Waals surface area contributed by atoms with Crippen LogP contribution in [0.3, 0.4) is 0 Å². The van der Waals surface area contributed by atoms with Crippen molar-refractivity contribution in [1.82, 2.24) is 0 Å². The molecule has 0 rings (SSSR count). The molecule has 0 unspecified atom stereocenters. The fourth-order valence-corrected chi connectivity index (χ4v) is 5.00. The summed E-state index contributed by atoms with van der Waals surface area (Å²) in [7, 11) is 0.0710. The molecule has 0 saturated carbocycles. The zero-order valence-corrected chi connectivity index (χ0v) is 17.9. The standard InChI is InChI=1S/C16H30Br2O2Si/c1-14(2)15(19)20-12-10-8-6-4-3-5-7-9-11-13-21-16(17)18/h16H,1,3-13,21H2,2H3. The van der Waals surface area contributed by atoms with Gasteiger partial charge in [0.15, 0.2) is 0 Å². The first kappa shape index (κ1) is 21.4. The van der Waals surface area contributed by atoms with Crippen molar-refractivity contribution in [3.8, 4) is 0 Å². The molecule has 0 aliphatic carbocycles. The van der Waals surface area contributed by atoms with E-state index in [0.29, 0.717) is 15.5 Å². The first-order valence-corrected chi connectivity index (χ1v) is 11.8. The van der Waals surface area contributed by atoms with Gasteiger partial charge in [-0.1, -0.05) is 95.8 Å². The maximum absolute atomic E-state index is 11.1. The molecule has 0 amide bonds. The van der Waals surface area contributed by atoms with Gasteiger partial charge in [0, 0.05) is 15.1 Å². The molecule has 0 spiro atoms. The van der Waals surface area contributed by atoms with E-state index in [0.717, 1.165) is 12.8 Å². The van der Waals surface area contributed by atoms with Crippen molar-refractivity contribution < 1.29 is 9.53 Å². The van der Waals surface area contributed by atoms with Gasteiger partial charge in [0.1, 0.15) is 0 Å². The molecular formula is C16H30Br2O2Si. The van der Waals surface area contributed by atoms with Gasteiger partial charge < -0.3 is 4.74 Å². The Hall–Kier alpha value is 0.387. The van der Waals surface area contributed by atoms with Crippen LogP contribution in [0, 0.1) is 0 Å². The minimum absolute atomic E-state index is 0.0710. The summed E-state index contributed by atoms with van der Waals surface area (Å²) in [6, 6.07) is 1.45. The summed E-state index contributed by atoms with van der Waals surface area (Å²) in [4.78, 5) is 11.1. The molecule has 0 aromatic carbocycles. The average Bonchev–Trinajstić information content (AvgIpc) is 2.43. The molecule has 0 aliphatic rings. The number of halogens is 2. The van der Waals surface area contributed by atoms with Gasteiger partial charge in [0.05, 0.1) is 9.97 Å². The van der Waals surface area contributed by atoms with Crippen LogP contribution in [0.4, 0.5) is 0 Å². The van der Waals surface area contributed by atoms with Crippen LogP contribution < -0.4 is 0 Å². The predicted molar refractivity (Wildman–Crippen MR) is 102 cm³/mol. The molecule has 0 heterocycles. The van der Waals surface area contributed by atoms with Crippen molar-refractivity contribution in [2.45, 2.75) is 74.1 Å². The fraction of sp³-hybridized carbons (Fsp3) is 0.812. The lowest BCUT2D eigenvalue weighted by atomic mass is 10.1. The monoisotopic (exact) mass is 440 g/mol. The van der Waals surface area contributed by atoms with Crippen molar-refractivity contribution in [2.24, 2.45) is 0 Å². The third-order valence-corrected chi connectivity index (χ3v) is 7.49. The van der Waals surface area contributed by atoms with Crippen molar-refractivity contribution >= 4 is 47.3 Å². The number of esters is 1. The van der Waals surface area contributed by atoms with E-state index < -0.39 is 0 Å². The van der Waals surface area contributed by atoms with Gasteiger partial charge in [0.25, 0.3) is 0 Å². The minimum atomic E-state index is -0.260. The van der Waals surface area contributed by atoms with Gasteiger partial charge in [-0.05, 0) is 13.3 Å². The molecule has 21 heavy (non-hydrogen) atoms. The van der Waals surface area contributed by atoms with Crippen molar-refractivity contribution in [1.29, 1.82) is 0 Å². The Morgan fingerprint density at radius 2 is 1.48 bits per heavy atom. The molecular weight excluding hydrogens is 412 g/mol. The van der Waals surface area contributed by atoms with E-state index in [-0.39, 0.29) is 15.5 Å². The molecule has 0 saturated heterocycles. The highest BCUT2D eigenvalue weighted by molar-refractivity contribution is 9.25. The average molecular weight is 442 g/mol. The van der Waals surface area contributed by atoms with Gasteiger partial charge in [0.2, 0.25) is 0 Å². The topological polar surface area (TPSA) is 26.3 Å². The zero-order valence-electron chi connectivity index (χ0n) is 13.3. The molecule has 0 aromatic rings. The summed E-state index contributed by atoms with van der Waals surface area (Å²) in [5, 5.41) is 0. The predicted octanol–water partition coefficient (Wildman–Crippen LogP) is 5.28. The van der Waals surface area contributed by atoms with Crippen molar-refractivity contribution in [2.75, 3.05) is 6.61 Å². The summed E-state index contributed by atoms with van der Waals surface area (Å²) in [5.41, 5.74) is 0.487. The maximum atomic E-state index is 11.1. The molecule has 0 atom stereocenters. The fourth-order valence-electron chi connectivity index (χ4n) is 2.10. The van der Waals surface area contributed by atoms with Crippen molar-refractivity contribution in [3.05, 3.63) is 12.2 Å². The second-order valence-corrected chi connectivity index (χ2v) is 13.6. The molecule has 124 valence electrons. The molecule has 0 radical (unpaired) electrons. The molecule has 5 heteroatoms. The van der Waals surface area contributed by atoms with E-state index in [1.807, 2.05) is 0 Å². The largest absolute Gasteiger partial charge is 0.462 e. The Bertz CT molecular complexity index is 283. The normalized spacial score (nSPS) is 11.4. The molecule has 0 fully saturated rings. The summed E-state index contributed by atoms with van der Waals surface area (Å²) in [6.07, 6.45) is 11.6. The molecule has 0 N–H and O–H groups in total. The van der Waals surface area contributed by atoms with Gasteiger partial charge in [-0.15, -0.1) is 0 Å². The Morgan fingerprint density at radius 3 is 1.95 bits per heavy atom. The van der Waals surface area contributed by atoms with Gasteiger partial charge in [-0.2, -0.15) is 0 Å². The number of hydrogen-bond donors (Lipinski definition) is 0. The lowest BCUT2D eigenvalue weighted by Crippen LogP contribution is -2.05. The van der Waals surface area contributed by atoms with Crippen LogP contribution in [0.15, 0.2) is 12.2 Å².